The number of likely N-dealkylation sites (tertiary alicyclic amines) is 1. The maximum Gasteiger partial charge on any atom is 0.219 e. The lowest BCUT2D eigenvalue weighted by atomic mass is 10.1. The first-order valence-corrected chi connectivity index (χ1v) is 9.90. The van der Waals surface area contributed by atoms with Crippen molar-refractivity contribution in [3.05, 3.63) is 59.5 Å². The predicted octanol–water partition coefficient (Wildman–Crippen LogP) is 3.90. The molecule has 3 aromatic rings. The zero-order chi connectivity index (χ0) is 20.1. The maximum atomic E-state index is 6.20. The number of aryl methyl sites for hydroxylation is 1. The monoisotopic (exact) mass is 390 g/mol. The predicted molar refractivity (Wildman–Crippen MR) is 115 cm³/mol. The molecule has 7 heteroatoms. The lowest BCUT2D eigenvalue weighted by Gasteiger charge is -2.29. The zero-order valence-electron chi connectivity index (χ0n) is 16.8. The second-order valence-electron chi connectivity index (χ2n) is 7.38. The molecule has 0 atom stereocenters. The van der Waals surface area contributed by atoms with E-state index in [9.17, 15) is 0 Å². The van der Waals surface area contributed by atoms with Crippen molar-refractivity contribution in [3.8, 4) is 5.88 Å². The lowest BCUT2D eigenvalue weighted by Crippen LogP contribution is -2.35. The number of H-pyrrole nitrogens is 1. The van der Waals surface area contributed by atoms with Crippen LogP contribution in [0.5, 0.6) is 5.88 Å². The fourth-order valence-electron chi connectivity index (χ4n) is 3.26. The highest BCUT2D eigenvalue weighted by atomic mass is 16.5. The van der Waals surface area contributed by atoms with Gasteiger partial charge in [0.05, 0.1) is 0 Å². The molecule has 0 radical (unpaired) electrons. The highest BCUT2D eigenvalue weighted by Gasteiger charge is 2.19. The lowest BCUT2D eigenvalue weighted by molar-refractivity contribution is 0.110. The summed E-state index contributed by atoms with van der Waals surface area (Å²) in [7, 11) is 2.14. The molecule has 2 N–H and O–H groups in total. The third-order valence-corrected chi connectivity index (χ3v) is 4.86. The number of anilines is 2. The molecule has 3 heterocycles. The fraction of sp³-hybridized carbons (Fsp3) is 0.318. The Morgan fingerprint density at radius 2 is 1.86 bits per heavy atom. The van der Waals surface area contributed by atoms with Crippen molar-refractivity contribution in [2.75, 3.05) is 25.5 Å². The first kappa shape index (κ1) is 19.1. The zero-order valence-corrected chi connectivity index (χ0v) is 16.8. The summed E-state index contributed by atoms with van der Waals surface area (Å²) in [6.07, 6.45) is 6.07. The molecule has 4 rings (SSSR count). The van der Waals surface area contributed by atoms with Gasteiger partial charge in [0.25, 0.3) is 0 Å². The first-order chi connectivity index (χ1) is 14.1. The van der Waals surface area contributed by atoms with Gasteiger partial charge >= 0.3 is 0 Å². The number of hydrogen-bond acceptors (Lipinski definition) is 6. The number of aromatic amines is 1. The number of rotatable bonds is 6. The van der Waals surface area contributed by atoms with Gasteiger partial charge in [0, 0.05) is 30.9 Å². The number of ether oxygens (including phenoxy) is 1. The Morgan fingerprint density at radius 3 is 2.59 bits per heavy atom. The molecule has 0 amide bonds. The number of aromatic nitrogens is 4. The van der Waals surface area contributed by atoms with Crippen LogP contribution in [0.25, 0.3) is 12.2 Å². The van der Waals surface area contributed by atoms with Crippen LogP contribution in [0.4, 0.5) is 11.6 Å². The van der Waals surface area contributed by atoms with Crippen LogP contribution in [0, 0.1) is 6.92 Å². The summed E-state index contributed by atoms with van der Waals surface area (Å²) in [5.74, 6) is 2.54. The van der Waals surface area contributed by atoms with Crippen LogP contribution in [0.3, 0.4) is 0 Å². The summed E-state index contributed by atoms with van der Waals surface area (Å²) in [5, 5.41) is 10.4. The van der Waals surface area contributed by atoms with Crippen LogP contribution in [-0.4, -0.2) is 51.3 Å². The minimum Gasteiger partial charge on any atom is -0.474 e. The van der Waals surface area contributed by atoms with Crippen molar-refractivity contribution < 1.29 is 4.74 Å². The summed E-state index contributed by atoms with van der Waals surface area (Å²) >= 11 is 0. The van der Waals surface area contributed by atoms with E-state index in [1.807, 2.05) is 61.5 Å². The van der Waals surface area contributed by atoms with E-state index in [-0.39, 0.29) is 6.10 Å². The third-order valence-electron chi connectivity index (χ3n) is 4.86. The molecule has 0 unspecified atom stereocenters. The van der Waals surface area contributed by atoms with E-state index in [0.29, 0.717) is 23.3 Å². The van der Waals surface area contributed by atoms with Crippen LogP contribution >= 0.6 is 0 Å². The molecule has 2 aromatic heterocycles. The summed E-state index contributed by atoms with van der Waals surface area (Å²) < 4.78 is 6.20. The van der Waals surface area contributed by atoms with Crippen molar-refractivity contribution in [2.45, 2.75) is 25.9 Å². The Hall–Kier alpha value is -3.19. The Kier molecular flexibility index (Phi) is 5.86. The normalized spacial score (nSPS) is 15.7. The minimum atomic E-state index is 0.174. The smallest absolute Gasteiger partial charge is 0.219 e. The number of benzene rings is 1. The molecule has 1 aliphatic heterocycles. The van der Waals surface area contributed by atoms with Gasteiger partial charge in [-0.1, -0.05) is 36.4 Å². The molecular formula is C22H26N6O. The van der Waals surface area contributed by atoms with Crippen LogP contribution in [0.2, 0.25) is 0 Å². The van der Waals surface area contributed by atoms with E-state index in [4.69, 9.17) is 4.74 Å². The van der Waals surface area contributed by atoms with Crippen LogP contribution in [0.1, 0.15) is 29.9 Å². The molecule has 1 aliphatic rings. The molecule has 1 aromatic carbocycles. The van der Waals surface area contributed by atoms with Crippen molar-refractivity contribution >= 4 is 23.8 Å². The molecule has 0 aliphatic carbocycles. The number of nitrogens with one attached hydrogen (secondary N) is 2. The SMILES string of the molecule is Cc1cc(Nc2cc(OC3CCN(C)CC3)nc(/C=C/c3ccccc3)n2)n[nH]1. The summed E-state index contributed by atoms with van der Waals surface area (Å²) in [6.45, 7) is 4.03. The van der Waals surface area contributed by atoms with E-state index in [2.05, 4.69) is 37.4 Å². The molecule has 0 bridgehead atoms. The molecule has 0 saturated carbocycles. The average molecular weight is 390 g/mol. The highest BCUT2D eigenvalue weighted by Crippen LogP contribution is 2.22. The molecule has 1 fully saturated rings. The summed E-state index contributed by atoms with van der Waals surface area (Å²) in [4.78, 5) is 11.5. The summed E-state index contributed by atoms with van der Waals surface area (Å²) in [6, 6.07) is 13.9. The van der Waals surface area contributed by atoms with Gasteiger partial charge in [0.2, 0.25) is 5.88 Å². The van der Waals surface area contributed by atoms with E-state index in [1.165, 1.54) is 0 Å². The van der Waals surface area contributed by atoms with Crippen molar-refractivity contribution in [1.82, 2.24) is 25.1 Å². The Labute approximate surface area is 170 Å². The van der Waals surface area contributed by atoms with Gasteiger partial charge in [-0.3, -0.25) is 5.10 Å². The molecule has 1 saturated heterocycles. The first-order valence-electron chi connectivity index (χ1n) is 9.90. The van der Waals surface area contributed by atoms with Crippen molar-refractivity contribution in [1.29, 1.82) is 0 Å². The fourth-order valence-corrected chi connectivity index (χ4v) is 3.26. The Balaban J connectivity index is 1.57. The largest absolute Gasteiger partial charge is 0.474 e. The number of piperidine rings is 1. The van der Waals surface area contributed by atoms with Gasteiger partial charge in [-0.25, -0.2) is 4.98 Å². The van der Waals surface area contributed by atoms with E-state index < -0.39 is 0 Å². The van der Waals surface area contributed by atoms with Gasteiger partial charge in [-0.15, -0.1) is 0 Å². The van der Waals surface area contributed by atoms with Gasteiger partial charge in [0.1, 0.15) is 11.9 Å². The summed E-state index contributed by atoms with van der Waals surface area (Å²) in [5.41, 5.74) is 2.07. The third kappa shape index (κ3) is 5.42. The molecule has 150 valence electrons. The molecular weight excluding hydrogens is 364 g/mol. The van der Waals surface area contributed by atoms with E-state index >= 15 is 0 Å². The van der Waals surface area contributed by atoms with E-state index in [0.717, 1.165) is 37.2 Å². The minimum absolute atomic E-state index is 0.174. The Morgan fingerprint density at radius 1 is 1.07 bits per heavy atom. The van der Waals surface area contributed by atoms with Gasteiger partial charge < -0.3 is 15.0 Å². The second-order valence-corrected chi connectivity index (χ2v) is 7.38. The van der Waals surface area contributed by atoms with Gasteiger partial charge in [-0.2, -0.15) is 10.1 Å². The van der Waals surface area contributed by atoms with Crippen LogP contribution in [0.15, 0.2) is 42.5 Å². The molecule has 29 heavy (non-hydrogen) atoms. The number of nitrogens with zero attached hydrogens (tertiary/aromatic N) is 4. The maximum absolute atomic E-state index is 6.20. The van der Waals surface area contributed by atoms with Crippen molar-refractivity contribution in [2.24, 2.45) is 0 Å². The van der Waals surface area contributed by atoms with Gasteiger partial charge in [-0.05, 0) is 38.5 Å². The van der Waals surface area contributed by atoms with Crippen molar-refractivity contribution in [3.63, 3.8) is 0 Å². The molecule has 0 spiro atoms. The number of hydrogen-bond donors (Lipinski definition) is 2. The quantitative estimate of drug-likeness (QED) is 0.665. The van der Waals surface area contributed by atoms with Crippen LogP contribution < -0.4 is 10.1 Å². The van der Waals surface area contributed by atoms with Gasteiger partial charge in [0.15, 0.2) is 11.6 Å². The highest BCUT2D eigenvalue weighted by molar-refractivity contribution is 5.67. The average Bonchev–Trinajstić information content (AvgIpc) is 3.13. The molecule has 7 nitrogen and oxygen atoms in total. The van der Waals surface area contributed by atoms with Crippen LogP contribution in [-0.2, 0) is 0 Å². The topological polar surface area (TPSA) is 79.0 Å². The Bertz CT molecular complexity index is 960. The standard InChI is InChI=1S/C22H26N6O/c1-16-14-21(27-26-16)24-20-15-22(29-18-10-12-28(2)13-11-18)25-19(23-20)9-8-17-6-4-3-5-7-17/h3-9,14-15,18H,10-13H2,1-2H3,(H2,23,24,25,26,27)/b9-8+. The second kappa shape index (κ2) is 8.87. The van der Waals surface area contributed by atoms with E-state index in [1.54, 1.807) is 0 Å².